The van der Waals surface area contributed by atoms with Gasteiger partial charge in [0.2, 0.25) is 5.91 Å². The van der Waals surface area contributed by atoms with Crippen molar-refractivity contribution >= 4 is 45.4 Å². The fourth-order valence-electron chi connectivity index (χ4n) is 3.34. The Morgan fingerprint density at radius 1 is 1.06 bits per heavy atom. The van der Waals surface area contributed by atoms with Crippen molar-refractivity contribution < 1.29 is 14.3 Å². The molecule has 0 saturated carbocycles. The smallest absolute Gasteiger partial charge is 0.275 e. The standard InChI is InChI=1S/C23H22N4O3S/c1-15(28)24-17-7-9-18(10-8-17)25-22(29)19-14-31-23(26-19)21-13-16-5-3-4-6-20(16)27(21)11-12-30-2/h3-10,13-14H,11-12H2,1-2H3,(H,24,28)(H,25,29). The van der Waals surface area contributed by atoms with Gasteiger partial charge in [-0.25, -0.2) is 4.98 Å². The summed E-state index contributed by atoms with van der Waals surface area (Å²) in [6.07, 6.45) is 0. The van der Waals surface area contributed by atoms with Crippen LogP contribution in [0.15, 0.2) is 60.0 Å². The number of amides is 2. The highest BCUT2D eigenvalue weighted by Crippen LogP contribution is 2.30. The number of carbonyl (C=O) groups is 2. The van der Waals surface area contributed by atoms with Gasteiger partial charge in [-0.3, -0.25) is 9.59 Å². The zero-order valence-corrected chi connectivity index (χ0v) is 18.0. The van der Waals surface area contributed by atoms with Crippen LogP contribution < -0.4 is 10.6 Å². The maximum atomic E-state index is 12.7. The van der Waals surface area contributed by atoms with E-state index < -0.39 is 0 Å². The average molecular weight is 435 g/mol. The Labute approximate surface area is 183 Å². The van der Waals surface area contributed by atoms with Gasteiger partial charge in [-0.15, -0.1) is 11.3 Å². The third-order valence-corrected chi connectivity index (χ3v) is 5.61. The summed E-state index contributed by atoms with van der Waals surface area (Å²) in [7, 11) is 1.68. The van der Waals surface area contributed by atoms with E-state index in [0.717, 1.165) is 21.6 Å². The predicted molar refractivity (Wildman–Crippen MR) is 124 cm³/mol. The second-order valence-electron chi connectivity index (χ2n) is 6.98. The lowest BCUT2D eigenvalue weighted by Crippen LogP contribution is -2.12. The van der Waals surface area contributed by atoms with Crippen LogP contribution in [0.3, 0.4) is 0 Å². The number of thiazole rings is 1. The summed E-state index contributed by atoms with van der Waals surface area (Å²) in [5.74, 6) is -0.427. The molecule has 4 aromatic rings. The van der Waals surface area contributed by atoms with Crippen LogP contribution in [0.25, 0.3) is 21.6 Å². The SMILES string of the molecule is COCCn1c(-c2nc(C(=O)Nc3ccc(NC(C)=O)cc3)cs2)cc2ccccc21. The van der Waals surface area contributed by atoms with E-state index in [1.54, 1.807) is 36.8 Å². The summed E-state index contributed by atoms with van der Waals surface area (Å²) in [4.78, 5) is 28.4. The number of fused-ring (bicyclic) bond motifs is 1. The molecule has 31 heavy (non-hydrogen) atoms. The topological polar surface area (TPSA) is 85.2 Å². The van der Waals surface area contributed by atoms with Crippen LogP contribution in [-0.4, -0.2) is 35.1 Å². The fourth-order valence-corrected chi connectivity index (χ4v) is 4.17. The lowest BCUT2D eigenvalue weighted by atomic mass is 10.2. The maximum Gasteiger partial charge on any atom is 0.275 e. The van der Waals surface area contributed by atoms with Gasteiger partial charge in [-0.2, -0.15) is 0 Å². The molecule has 2 aromatic carbocycles. The number of carbonyl (C=O) groups excluding carboxylic acids is 2. The predicted octanol–water partition coefficient (Wildman–Crippen LogP) is 4.62. The first kappa shape index (κ1) is 20.8. The quantitative estimate of drug-likeness (QED) is 0.444. The first-order chi connectivity index (χ1) is 15.0. The molecule has 8 heteroatoms. The second kappa shape index (κ2) is 9.11. The molecular weight excluding hydrogens is 412 g/mol. The Morgan fingerprint density at radius 3 is 2.48 bits per heavy atom. The Bertz CT molecular complexity index is 1230. The fraction of sp³-hybridized carbons (Fsp3) is 0.174. The minimum atomic E-state index is -0.283. The minimum Gasteiger partial charge on any atom is -0.383 e. The maximum absolute atomic E-state index is 12.7. The van der Waals surface area contributed by atoms with E-state index in [1.807, 2.05) is 12.1 Å². The monoisotopic (exact) mass is 434 g/mol. The van der Waals surface area contributed by atoms with E-state index in [4.69, 9.17) is 4.74 Å². The van der Waals surface area contributed by atoms with Crippen LogP contribution in [0.1, 0.15) is 17.4 Å². The van der Waals surface area contributed by atoms with Crippen molar-refractivity contribution in [3.63, 3.8) is 0 Å². The van der Waals surface area contributed by atoms with Gasteiger partial charge in [0.25, 0.3) is 5.91 Å². The molecule has 0 spiro atoms. The highest BCUT2D eigenvalue weighted by Gasteiger charge is 2.17. The van der Waals surface area contributed by atoms with Gasteiger partial charge in [0.05, 0.1) is 12.3 Å². The molecule has 0 aliphatic rings. The highest BCUT2D eigenvalue weighted by atomic mass is 32.1. The molecule has 7 nitrogen and oxygen atoms in total. The van der Waals surface area contributed by atoms with Crippen molar-refractivity contribution in [3.05, 3.63) is 65.7 Å². The number of para-hydroxylation sites is 1. The lowest BCUT2D eigenvalue weighted by molar-refractivity contribution is -0.114. The Morgan fingerprint density at radius 2 is 1.77 bits per heavy atom. The van der Waals surface area contributed by atoms with Crippen molar-refractivity contribution in [3.8, 4) is 10.7 Å². The van der Waals surface area contributed by atoms with Gasteiger partial charge >= 0.3 is 0 Å². The second-order valence-corrected chi connectivity index (χ2v) is 7.84. The van der Waals surface area contributed by atoms with Gasteiger partial charge in [0.15, 0.2) is 0 Å². The zero-order chi connectivity index (χ0) is 21.8. The van der Waals surface area contributed by atoms with Crippen molar-refractivity contribution in [2.24, 2.45) is 0 Å². The van der Waals surface area contributed by atoms with Crippen LogP contribution in [-0.2, 0) is 16.1 Å². The van der Waals surface area contributed by atoms with Gasteiger partial charge in [-0.1, -0.05) is 18.2 Å². The van der Waals surface area contributed by atoms with Crippen molar-refractivity contribution in [2.45, 2.75) is 13.5 Å². The van der Waals surface area contributed by atoms with Gasteiger partial charge in [0, 0.05) is 48.2 Å². The number of hydrogen-bond donors (Lipinski definition) is 2. The largest absolute Gasteiger partial charge is 0.383 e. The first-order valence-corrected chi connectivity index (χ1v) is 10.7. The molecule has 2 N–H and O–H groups in total. The number of anilines is 2. The van der Waals surface area contributed by atoms with Crippen LogP contribution in [0, 0.1) is 0 Å². The van der Waals surface area contributed by atoms with E-state index >= 15 is 0 Å². The number of ether oxygens (including phenoxy) is 1. The van der Waals surface area contributed by atoms with E-state index in [0.29, 0.717) is 30.2 Å². The summed E-state index contributed by atoms with van der Waals surface area (Å²) in [6.45, 7) is 2.73. The number of rotatable bonds is 7. The molecule has 4 rings (SSSR count). The zero-order valence-electron chi connectivity index (χ0n) is 17.2. The van der Waals surface area contributed by atoms with Crippen LogP contribution >= 0.6 is 11.3 Å². The molecule has 158 valence electrons. The van der Waals surface area contributed by atoms with Gasteiger partial charge < -0.3 is 19.9 Å². The molecule has 0 aliphatic heterocycles. The Hall–Kier alpha value is -3.49. The molecule has 0 atom stereocenters. The van der Waals surface area contributed by atoms with Crippen molar-refractivity contribution in [2.75, 3.05) is 24.4 Å². The highest BCUT2D eigenvalue weighted by molar-refractivity contribution is 7.13. The summed E-state index contributed by atoms with van der Waals surface area (Å²) >= 11 is 1.43. The molecular formula is C23H22N4O3S. The lowest BCUT2D eigenvalue weighted by Gasteiger charge is -2.08. The van der Waals surface area contributed by atoms with Gasteiger partial charge in [0.1, 0.15) is 10.7 Å². The number of nitrogens with one attached hydrogen (secondary N) is 2. The molecule has 0 saturated heterocycles. The molecule has 0 bridgehead atoms. The third-order valence-electron chi connectivity index (χ3n) is 4.75. The number of methoxy groups -OCH3 is 1. The Balaban J connectivity index is 1.55. The molecule has 2 aromatic heterocycles. The first-order valence-electron chi connectivity index (χ1n) is 9.77. The molecule has 0 aliphatic carbocycles. The number of benzene rings is 2. The summed E-state index contributed by atoms with van der Waals surface area (Å²) in [5.41, 5.74) is 3.72. The van der Waals surface area contributed by atoms with E-state index in [-0.39, 0.29) is 11.8 Å². The van der Waals surface area contributed by atoms with Crippen LogP contribution in [0.5, 0.6) is 0 Å². The van der Waals surface area contributed by atoms with Gasteiger partial charge in [-0.05, 0) is 36.4 Å². The number of hydrogen-bond acceptors (Lipinski definition) is 5. The van der Waals surface area contributed by atoms with Crippen LogP contribution in [0.4, 0.5) is 11.4 Å². The normalized spacial score (nSPS) is 10.9. The number of aromatic nitrogens is 2. The molecule has 0 unspecified atom stereocenters. The minimum absolute atomic E-state index is 0.144. The van der Waals surface area contributed by atoms with E-state index in [2.05, 4.69) is 38.4 Å². The molecule has 0 radical (unpaired) electrons. The molecule has 2 amide bonds. The van der Waals surface area contributed by atoms with Crippen LogP contribution in [0.2, 0.25) is 0 Å². The summed E-state index contributed by atoms with van der Waals surface area (Å²) < 4.78 is 7.44. The summed E-state index contributed by atoms with van der Waals surface area (Å²) in [6, 6.07) is 17.2. The van der Waals surface area contributed by atoms with E-state index in [9.17, 15) is 9.59 Å². The molecule has 0 fully saturated rings. The summed E-state index contributed by atoms with van der Waals surface area (Å²) in [5, 5.41) is 9.19. The Kier molecular flexibility index (Phi) is 6.11. The third kappa shape index (κ3) is 4.65. The van der Waals surface area contributed by atoms with Crippen molar-refractivity contribution in [1.82, 2.24) is 9.55 Å². The number of nitrogens with zero attached hydrogens (tertiary/aromatic N) is 2. The molecule has 2 heterocycles. The van der Waals surface area contributed by atoms with E-state index in [1.165, 1.54) is 18.3 Å². The average Bonchev–Trinajstić information content (AvgIpc) is 3.38. The van der Waals surface area contributed by atoms with Crippen molar-refractivity contribution in [1.29, 1.82) is 0 Å².